The summed E-state index contributed by atoms with van der Waals surface area (Å²) in [7, 11) is -3.97. The first-order valence-corrected chi connectivity index (χ1v) is 9.79. The number of carbonyl (C=O) groups is 1. The zero-order valence-corrected chi connectivity index (χ0v) is 14.7. The predicted molar refractivity (Wildman–Crippen MR) is 90.3 cm³/mol. The van der Waals surface area contributed by atoms with Crippen LogP contribution in [0.3, 0.4) is 0 Å². The normalized spacial score (nSPS) is 12.0. The summed E-state index contributed by atoms with van der Waals surface area (Å²) in [4.78, 5) is 12.3. The van der Waals surface area contributed by atoms with E-state index in [9.17, 15) is 26.4 Å². The Balaban J connectivity index is 2.20. The first-order chi connectivity index (χ1) is 11.6. The molecule has 0 aliphatic carbocycles. The van der Waals surface area contributed by atoms with Crippen LogP contribution in [0, 0.1) is 0 Å². The van der Waals surface area contributed by atoms with Crippen LogP contribution in [-0.4, -0.2) is 33.7 Å². The zero-order chi connectivity index (χ0) is 18.7. The van der Waals surface area contributed by atoms with Gasteiger partial charge in [-0.1, -0.05) is 18.2 Å². The smallest absolute Gasteiger partial charge is 0.350 e. The number of thiophene rings is 1. The van der Waals surface area contributed by atoms with E-state index in [2.05, 4.69) is 5.32 Å². The minimum atomic E-state index is -4.69. The van der Waals surface area contributed by atoms with Crippen LogP contribution >= 0.6 is 11.3 Å². The number of alkyl halides is 3. The molecule has 0 unspecified atom stereocenters. The molecule has 1 N–H and O–H groups in total. The maximum atomic E-state index is 13.1. The molecule has 0 radical (unpaired) electrons. The highest BCUT2D eigenvalue weighted by Gasteiger charge is 2.36. The molecule has 5 nitrogen and oxygen atoms in total. The van der Waals surface area contributed by atoms with Gasteiger partial charge in [0.1, 0.15) is 0 Å². The molecule has 0 bridgehead atoms. The lowest BCUT2D eigenvalue weighted by molar-refractivity contribution is -0.137. The van der Waals surface area contributed by atoms with Crippen molar-refractivity contribution in [3.8, 4) is 0 Å². The van der Waals surface area contributed by atoms with Crippen molar-refractivity contribution in [2.75, 3.05) is 23.7 Å². The Bertz CT molecular complexity index is 834. The number of halogens is 3. The number of nitrogens with one attached hydrogen (secondary N) is 1. The molecular weight excluding hydrogens is 377 g/mol. The summed E-state index contributed by atoms with van der Waals surface area (Å²) in [6, 6.07) is 7.69. The minimum absolute atomic E-state index is 0.129. The molecular formula is C15H15F3N2O3S2. The highest BCUT2D eigenvalue weighted by molar-refractivity contribution is 7.92. The van der Waals surface area contributed by atoms with Crippen molar-refractivity contribution in [3.63, 3.8) is 0 Å². The van der Waals surface area contributed by atoms with Crippen LogP contribution in [-0.2, 0) is 16.2 Å². The number of carbonyl (C=O) groups excluding carboxylic acids is 1. The van der Waals surface area contributed by atoms with E-state index in [4.69, 9.17) is 0 Å². The number of anilines is 1. The largest absolute Gasteiger partial charge is 0.418 e. The van der Waals surface area contributed by atoms with Crippen molar-refractivity contribution >= 4 is 33.0 Å². The van der Waals surface area contributed by atoms with Gasteiger partial charge < -0.3 is 5.32 Å². The van der Waals surface area contributed by atoms with Gasteiger partial charge in [0, 0.05) is 6.54 Å². The van der Waals surface area contributed by atoms with Gasteiger partial charge in [-0.2, -0.15) is 13.2 Å². The van der Waals surface area contributed by atoms with Gasteiger partial charge in [-0.25, -0.2) is 8.42 Å². The fraction of sp³-hybridized carbons (Fsp3) is 0.267. The summed E-state index contributed by atoms with van der Waals surface area (Å²) < 4.78 is 64.0. The lowest BCUT2D eigenvalue weighted by Crippen LogP contribution is -2.39. The van der Waals surface area contributed by atoms with E-state index in [1.807, 2.05) is 0 Å². The van der Waals surface area contributed by atoms with Crippen LogP contribution in [0.4, 0.5) is 18.9 Å². The standard InChI is InChI=1S/C15H15F3N2O3S2/c1-25(22,23)20(9-8-19-14(21)13-7-4-10-24-13)12-6-3-2-5-11(12)15(16,17)18/h2-7,10H,8-9H2,1H3,(H,19,21). The molecule has 25 heavy (non-hydrogen) atoms. The molecule has 1 aromatic heterocycles. The molecule has 10 heteroatoms. The first kappa shape index (κ1) is 19.3. The third-order valence-electron chi connectivity index (χ3n) is 3.22. The van der Waals surface area contributed by atoms with Gasteiger partial charge in [0.2, 0.25) is 10.0 Å². The number of rotatable bonds is 6. The van der Waals surface area contributed by atoms with Gasteiger partial charge in [0.15, 0.2) is 0 Å². The molecule has 0 atom stereocenters. The molecule has 0 spiro atoms. The van der Waals surface area contributed by atoms with Gasteiger partial charge in [0.25, 0.3) is 5.91 Å². The maximum absolute atomic E-state index is 13.1. The maximum Gasteiger partial charge on any atom is 0.418 e. The molecule has 0 saturated carbocycles. The van der Waals surface area contributed by atoms with E-state index in [1.165, 1.54) is 23.5 Å². The van der Waals surface area contributed by atoms with Gasteiger partial charge in [0.05, 0.1) is 28.9 Å². The molecule has 1 aromatic carbocycles. The quantitative estimate of drug-likeness (QED) is 0.822. The first-order valence-electron chi connectivity index (χ1n) is 7.06. The summed E-state index contributed by atoms with van der Waals surface area (Å²) >= 11 is 1.20. The average molecular weight is 392 g/mol. The van der Waals surface area contributed by atoms with E-state index in [-0.39, 0.29) is 13.1 Å². The number of para-hydroxylation sites is 1. The van der Waals surface area contributed by atoms with Crippen molar-refractivity contribution in [2.45, 2.75) is 6.18 Å². The molecule has 0 fully saturated rings. The van der Waals surface area contributed by atoms with Crippen molar-refractivity contribution < 1.29 is 26.4 Å². The third-order valence-corrected chi connectivity index (χ3v) is 5.27. The summed E-state index contributed by atoms with van der Waals surface area (Å²) in [5.74, 6) is -0.410. The minimum Gasteiger partial charge on any atom is -0.350 e. The lowest BCUT2D eigenvalue weighted by atomic mass is 10.1. The van der Waals surface area contributed by atoms with Crippen LogP contribution in [0.5, 0.6) is 0 Å². The molecule has 1 heterocycles. The SMILES string of the molecule is CS(=O)(=O)N(CCNC(=O)c1cccs1)c1ccccc1C(F)(F)F. The van der Waals surface area contributed by atoms with E-state index in [0.717, 1.165) is 18.4 Å². The van der Waals surface area contributed by atoms with Crippen LogP contribution in [0.2, 0.25) is 0 Å². The molecule has 136 valence electrons. The second-order valence-electron chi connectivity index (χ2n) is 5.08. The van der Waals surface area contributed by atoms with Crippen LogP contribution in [0.25, 0.3) is 0 Å². The zero-order valence-electron chi connectivity index (χ0n) is 13.1. The Labute approximate surface area is 147 Å². The number of benzene rings is 1. The van der Waals surface area contributed by atoms with Crippen LogP contribution in [0.1, 0.15) is 15.2 Å². The van der Waals surface area contributed by atoms with E-state index >= 15 is 0 Å². The van der Waals surface area contributed by atoms with E-state index in [1.54, 1.807) is 17.5 Å². The number of hydrogen-bond acceptors (Lipinski definition) is 4. The highest BCUT2D eigenvalue weighted by atomic mass is 32.2. The topological polar surface area (TPSA) is 66.5 Å². The van der Waals surface area contributed by atoms with Gasteiger partial charge in [-0.05, 0) is 23.6 Å². The van der Waals surface area contributed by atoms with Gasteiger partial charge in [-0.3, -0.25) is 9.10 Å². The summed E-state index contributed by atoms with van der Waals surface area (Å²) in [5, 5.41) is 4.21. The van der Waals surface area contributed by atoms with Crippen LogP contribution < -0.4 is 9.62 Å². The van der Waals surface area contributed by atoms with E-state index < -0.39 is 33.4 Å². The summed E-state index contributed by atoms with van der Waals surface area (Å²) in [6.07, 6.45) is -3.87. The fourth-order valence-corrected chi connectivity index (χ4v) is 3.74. The number of nitrogens with zero attached hydrogens (tertiary/aromatic N) is 1. The fourth-order valence-electron chi connectivity index (χ4n) is 2.16. The van der Waals surface area contributed by atoms with E-state index in [0.29, 0.717) is 9.18 Å². The van der Waals surface area contributed by atoms with Crippen molar-refractivity contribution in [1.29, 1.82) is 0 Å². The molecule has 0 saturated heterocycles. The van der Waals surface area contributed by atoms with Crippen molar-refractivity contribution in [1.82, 2.24) is 5.32 Å². The molecule has 0 aliphatic heterocycles. The van der Waals surface area contributed by atoms with Gasteiger partial charge in [-0.15, -0.1) is 11.3 Å². The van der Waals surface area contributed by atoms with Crippen LogP contribution in [0.15, 0.2) is 41.8 Å². The average Bonchev–Trinajstić information content (AvgIpc) is 3.03. The summed E-state index contributed by atoms with van der Waals surface area (Å²) in [6.45, 7) is -0.445. The van der Waals surface area contributed by atoms with Gasteiger partial charge >= 0.3 is 6.18 Å². The second-order valence-corrected chi connectivity index (χ2v) is 7.94. The Morgan fingerprint density at radius 2 is 1.88 bits per heavy atom. The van der Waals surface area contributed by atoms with Crippen molar-refractivity contribution in [2.24, 2.45) is 0 Å². The Morgan fingerprint density at radius 3 is 2.44 bits per heavy atom. The third kappa shape index (κ3) is 4.95. The number of hydrogen-bond donors (Lipinski definition) is 1. The molecule has 1 amide bonds. The Morgan fingerprint density at radius 1 is 1.20 bits per heavy atom. The monoisotopic (exact) mass is 392 g/mol. The predicted octanol–water partition coefficient (Wildman–Crippen LogP) is 2.96. The number of amides is 1. The molecule has 2 aromatic rings. The summed E-state index contributed by atoms with van der Waals surface area (Å²) in [5.41, 5.74) is -1.52. The second kappa shape index (κ2) is 7.44. The molecule has 0 aliphatic rings. The lowest BCUT2D eigenvalue weighted by Gasteiger charge is -2.25. The van der Waals surface area contributed by atoms with Crippen molar-refractivity contribution in [3.05, 3.63) is 52.2 Å². The number of sulfonamides is 1. The highest BCUT2D eigenvalue weighted by Crippen LogP contribution is 2.37. The molecule has 2 rings (SSSR count). The Kier molecular flexibility index (Phi) is 5.73. The Hall–Kier alpha value is -2.07.